The average Bonchev–Trinajstić information content (AvgIpc) is 2.54. The number of esters is 1. The quantitative estimate of drug-likeness (QED) is 0.515. The number of carbonyl (C=O) groups excluding carboxylic acids is 3. The summed E-state index contributed by atoms with van der Waals surface area (Å²) in [4.78, 5) is 34.8. The van der Waals surface area contributed by atoms with Crippen LogP contribution in [0.3, 0.4) is 0 Å². The monoisotopic (exact) mass is 340 g/mol. The van der Waals surface area contributed by atoms with Crippen molar-refractivity contribution in [3.05, 3.63) is 24.3 Å². The van der Waals surface area contributed by atoms with Gasteiger partial charge < -0.3 is 20.1 Å². The van der Waals surface area contributed by atoms with Gasteiger partial charge in [0.1, 0.15) is 13.2 Å². The summed E-state index contributed by atoms with van der Waals surface area (Å²) in [6.45, 7) is 1.49. The first-order valence-corrected chi connectivity index (χ1v) is 8.00. The zero-order chi connectivity index (χ0) is 17.1. The zero-order valence-electron chi connectivity index (χ0n) is 13.1. The Balaban J connectivity index is 2.32. The summed E-state index contributed by atoms with van der Waals surface area (Å²) >= 11 is 1.40. The first kappa shape index (κ1) is 19.0. The zero-order valence-corrected chi connectivity index (χ0v) is 13.9. The standard InChI is InChI=1S/C15H20N2O5S/c1-3-22-15(20)9-21-8-13(18)17-11-4-6-12(7-5-11)23-10-14(19)16-2/h4-7H,3,8-10H2,1-2H3,(H,16,19)(H,17,18). The molecule has 0 unspecified atom stereocenters. The van der Waals surface area contributed by atoms with Crippen LogP contribution in [0.2, 0.25) is 0 Å². The summed E-state index contributed by atoms with van der Waals surface area (Å²) in [6, 6.07) is 7.08. The van der Waals surface area contributed by atoms with E-state index in [9.17, 15) is 14.4 Å². The Labute approximate surface area is 139 Å². The minimum absolute atomic E-state index is 0.0499. The van der Waals surface area contributed by atoms with Gasteiger partial charge in [0.2, 0.25) is 11.8 Å². The lowest BCUT2D eigenvalue weighted by molar-refractivity contribution is -0.149. The second-order valence-corrected chi connectivity index (χ2v) is 5.38. The lowest BCUT2D eigenvalue weighted by atomic mass is 10.3. The molecule has 126 valence electrons. The van der Waals surface area contributed by atoms with Crippen molar-refractivity contribution in [2.45, 2.75) is 11.8 Å². The van der Waals surface area contributed by atoms with E-state index in [1.807, 2.05) is 12.1 Å². The van der Waals surface area contributed by atoms with Gasteiger partial charge in [0.25, 0.3) is 0 Å². The van der Waals surface area contributed by atoms with Crippen LogP contribution in [-0.2, 0) is 23.9 Å². The van der Waals surface area contributed by atoms with Gasteiger partial charge in [0.05, 0.1) is 12.4 Å². The van der Waals surface area contributed by atoms with Crippen LogP contribution in [0.1, 0.15) is 6.92 Å². The maximum atomic E-state index is 11.6. The van der Waals surface area contributed by atoms with Gasteiger partial charge >= 0.3 is 5.97 Å². The molecule has 0 spiro atoms. The van der Waals surface area contributed by atoms with Crippen molar-refractivity contribution in [1.29, 1.82) is 0 Å². The molecule has 23 heavy (non-hydrogen) atoms. The Morgan fingerprint density at radius 3 is 2.39 bits per heavy atom. The second kappa shape index (κ2) is 10.6. The van der Waals surface area contributed by atoms with E-state index >= 15 is 0 Å². The molecule has 0 aromatic heterocycles. The molecule has 0 aliphatic carbocycles. The van der Waals surface area contributed by atoms with Gasteiger partial charge in [0, 0.05) is 17.6 Å². The first-order valence-electron chi connectivity index (χ1n) is 7.01. The minimum atomic E-state index is -0.502. The van der Waals surface area contributed by atoms with Crippen molar-refractivity contribution in [2.24, 2.45) is 0 Å². The number of hydrogen-bond donors (Lipinski definition) is 2. The largest absolute Gasteiger partial charge is 0.464 e. The smallest absolute Gasteiger partial charge is 0.332 e. The SMILES string of the molecule is CCOC(=O)COCC(=O)Nc1ccc(SCC(=O)NC)cc1. The van der Waals surface area contributed by atoms with Crippen molar-refractivity contribution in [3.8, 4) is 0 Å². The lowest BCUT2D eigenvalue weighted by Gasteiger charge is -2.07. The fourth-order valence-electron chi connectivity index (χ4n) is 1.48. The number of benzene rings is 1. The van der Waals surface area contributed by atoms with Crippen LogP contribution in [0, 0.1) is 0 Å². The third-order valence-corrected chi connectivity index (χ3v) is 3.56. The number of rotatable bonds is 9. The van der Waals surface area contributed by atoms with Gasteiger partial charge in [-0.3, -0.25) is 9.59 Å². The minimum Gasteiger partial charge on any atom is -0.464 e. The predicted octanol–water partition coefficient (Wildman–Crippen LogP) is 1.04. The van der Waals surface area contributed by atoms with E-state index in [1.54, 1.807) is 26.1 Å². The van der Waals surface area contributed by atoms with Crippen LogP contribution < -0.4 is 10.6 Å². The topological polar surface area (TPSA) is 93.7 Å². The maximum Gasteiger partial charge on any atom is 0.332 e. The molecule has 0 fully saturated rings. The van der Waals surface area contributed by atoms with Gasteiger partial charge in [0.15, 0.2) is 0 Å². The Morgan fingerprint density at radius 1 is 1.09 bits per heavy atom. The third-order valence-electron chi connectivity index (χ3n) is 2.55. The molecule has 0 saturated carbocycles. The number of hydrogen-bond acceptors (Lipinski definition) is 6. The highest BCUT2D eigenvalue weighted by Crippen LogP contribution is 2.20. The number of amides is 2. The Kier molecular flexibility index (Phi) is 8.78. The van der Waals surface area contributed by atoms with Gasteiger partial charge in [-0.05, 0) is 31.2 Å². The Bertz CT molecular complexity index is 533. The molecule has 0 radical (unpaired) electrons. The van der Waals surface area contributed by atoms with Crippen molar-refractivity contribution in [1.82, 2.24) is 5.32 Å². The Hall–Kier alpha value is -2.06. The highest BCUT2D eigenvalue weighted by molar-refractivity contribution is 8.00. The number of nitrogens with one attached hydrogen (secondary N) is 2. The number of thioether (sulfide) groups is 1. The van der Waals surface area contributed by atoms with E-state index in [0.717, 1.165) is 4.90 Å². The molecule has 1 aromatic carbocycles. The number of anilines is 1. The van der Waals surface area contributed by atoms with E-state index in [1.165, 1.54) is 11.8 Å². The maximum absolute atomic E-state index is 11.6. The molecular weight excluding hydrogens is 320 g/mol. The fraction of sp³-hybridized carbons (Fsp3) is 0.400. The molecule has 7 nitrogen and oxygen atoms in total. The van der Waals surface area contributed by atoms with Crippen molar-refractivity contribution < 1.29 is 23.9 Å². The van der Waals surface area contributed by atoms with Crippen molar-refractivity contribution in [3.63, 3.8) is 0 Å². The molecule has 0 atom stereocenters. The van der Waals surface area contributed by atoms with Gasteiger partial charge in [-0.25, -0.2) is 4.79 Å². The summed E-state index contributed by atoms with van der Waals surface area (Å²) in [6.07, 6.45) is 0. The third kappa shape index (κ3) is 8.22. The van der Waals surface area contributed by atoms with E-state index in [4.69, 9.17) is 4.74 Å². The average molecular weight is 340 g/mol. The molecule has 0 aliphatic heterocycles. The summed E-state index contributed by atoms with van der Waals surface area (Å²) in [5, 5.41) is 5.19. The summed E-state index contributed by atoms with van der Waals surface area (Å²) in [7, 11) is 1.59. The van der Waals surface area contributed by atoms with E-state index in [2.05, 4.69) is 15.4 Å². The van der Waals surface area contributed by atoms with Gasteiger partial charge in [-0.15, -0.1) is 11.8 Å². The Morgan fingerprint density at radius 2 is 1.78 bits per heavy atom. The molecule has 8 heteroatoms. The summed E-state index contributed by atoms with van der Waals surface area (Å²) < 4.78 is 9.62. The normalized spacial score (nSPS) is 10.0. The van der Waals surface area contributed by atoms with Crippen LogP contribution >= 0.6 is 11.8 Å². The second-order valence-electron chi connectivity index (χ2n) is 4.33. The fourth-order valence-corrected chi connectivity index (χ4v) is 2.25. The van der Waals surface area contributed by atoms with Gasteiger partial charge in [-0.1, -0.05) is 0 Å². The summed E-state index contributed by atoms with van der Waals surface area (Å²) in [5.41, 5.74) is 0.610. The highest BCUT2D eigenvalue weighted by atomic mass is 32.2. The highest BCUT2D eigenvalue weighted by Gasteiger charge is 2.06. The molecule has 0 saturated heterocycles. The molecular formula is C15H20N2O5S. The van der Waals surface area contributed by atoms with Gasteiger partial charge in [-0.2, -0.15) is 0 Å². The van der Waals surface area contributed by atoms with Crippen LogP contribution in [-0.4, -0.2) is 50.4 Å². The van der Waals surface area contributed by atoms with Crippen LogP contribution in [0.5, 0.6) is 0 Å². The molecule has 1 rings (SSSR count). The lowest BCUT2D eigenvalue weighted by Crippen LogP contribution is -2.21. The van der Waals surface area contributed by atoms with E-state index in [0.29, 0.717) is 11.4 Å². The van der Waals surface area contributed by atoms with Crippen LogP contribution in [0.25, 0.3) is 0 Å². The first-order chi connectivity index (χ1) is 11.0. The molecule has 0 heterocycles. The van der Waals surface area contributed by atoms with Crippen molar-refractivity contribution in [2.75, 3.05) is 37.9 Å². The molecule has 0 bridgehead atoms. The molecule has 0 aliphatic rings. The number of ether oxygens (including phenoxy) is 2. The van der Waals surface area contributed by atoms with Crippen LogP contribution in [0.15, 0.2) is 29.2 Å². The number of carbonyl (C=O) groups is 3. The molecule has 1 aromatic rings. The molecule has 2 amide bonds. The van der Waals surface area contributed by atoms with Crippen LogP contribution in [0.4, 0.5) is 5.69 Å². The predicted molar refractivity (Wildman–Crippen MR) is 87.3 cm³/mol. The van der Waals surface area contributed by atoms with E-state index in [-0.39, 0.29) is 31.6 Å². The van der Waals surface area contributed by atoms with Crippen molar-refractivity contribution >= 4 is 35.2 Å². The summed E-state index contributed by atoms with van der Waals surface area (Å²) in [5.74, 6) is -0.576. The molecule has 2 N–H and O–H groups in total. The van der Waals surface area contributed by atoms with E-state index < -0.39 is 5.97 Å².